The summed E-state index contributed by atoms with van der Waals surface area (Å²) in [6, 6.07) is 9.66. The predicted octanol–water partition coefficient (Wildman–Crippen LogP) is 3.90. The summed E-state index contributed by atoms with van der Waals surface area (Å²) in [4.78, 5) is 12.0. The number of alkyl carbamates (subject to hydrolysis) is 1. The van der Waals surface area contributed by atoms with Gasteiger partial charge in [0.15, 0.2) is 0 Å². The number of unbranched alkanes of at least 4 members (excludes halogenated alkanes) is 2. The third-order valence-corrected chi connectivity index (χ3v) is 3.41. The Morgan fingerprint density at radius 3 is 2.57 bits per heavy atom. The average Bonchev–Trinajstić information content (AvgIpc) is 2.47. The Hall–Kier alpha value is -1.55. The lowest BCUT2D eigenvalue weighted by atomic mass is 9.95. The van der Waals surface area contributed by atoms with Gasteiger partial charge < -0.3 is 14.8 Å². The van der Waals surface area contributed by atoms with Gasteiger partial charge in [0.05, 0.1) is 12.1 Å². The molecule has 0 saturated heterocycles. The number of ether oxygens (including phenoxy) is 2. The summed E-state index contributed by atoms with van der Waals surface area (Å²) < 4.78 is 10.5. The SMILES string of the molecule is CCCCC[C@@](C)(COC)NC(=O)OCc1ccccc1. The third-order valence-electron chi connectivity index (χ3n) is 3.41. The lowest BCUT2D eigenvalue weighted by molar-refractivity contribution is 0.0885. The average molecular weight is 293 g/mol. The van der Waals surface area contributed by atoms with E-state index in [4.69, 9.17) is 9.47 Å². The first kappa shape index (κ1) is 17.5. The summed E-state index contributed by atoms with van der Waals surface area (Å²) in [5, 5.41) is 2.94. The Balaban J connectivity index is 2.44. The van der Waals surface area contributed by atoms with E-state index in [1.165, 1.54) is 0 Å². The number of benzene rings is 1. The van der Waals surface area contributed by atoms with Gasteiger partial charge in [0.2, 0.25) is 0 Å². The summed E-state index contributed by atoms with van der Waals surface area (Å²) in [5.41, 5.74) is 0.601. The molecule has 1 aromatic rings. The molecule has 0 bridgehead atoms. The van der Waals surface area contributed by atoms with Crippen molar-refractivity contribution in [2.45, 2.75) is 51.7 Å². The Morgan fingerprint density at radius 1 is 1.24 bits per heavy atom. The number of rotatable bonds is 9. The lowest BCUT2D eigenvalue weighted by Gasteiger charge is -2.29. The molecule has 0 heterocycles. The first-order valence-corrected chi connectivity index (χ1v) is 7.57. The molecule has 0 aliphatic carbocycles. The Labute approximate surface area is 127 Å². The fourth-order valence-electron chi connectivity index (χ4n) is 2.26. The molecule has 4 nitrogen and oxygen atoms in total. The molecular weight excluding hydrogens is 266 g/mol. The van der Waals surface area contributed by atoms with Gasteiger partial charge in [-0.05, 0) is 18.9 Å². The minimum Gasteiger partial charge on any atom is -0.445 e. The van der Waals surface area contributed by atoms with Crippen LogP contribution in [0.2, 0.25) is 0 Å². The molecule has 118 valence electrons. The van der Waals surface area contributed by atoms with Gasteiger partial charge in [0, 0.05) is 7.11 Å². The van der Waals surface area contributed by atoms with Crippen molar-refractivity contribution in [1.82, 2.24) is 5.32 Å². The number of carbonyl (C=O) groups is 1. The van der Waals surface area contributed by atoms with Gasteiger partial charge in [-0.2, -0.15) is 0 Å². The fourth-order valence-corrected chi connectivity index (χ4v) is 2.26. The van der Waals surface area contributed by atoms with Crippen molar-refractivity contribution in [2.24, 2.45) is 0 Å². The second-order valence-electron chi connectivity index (χ2n) is 5.64. The second-order valence-corrected chi connectivity index (χ2v) is 5.64. The highest BCUT2D eigenvalue weighted by Crippen LogP contribution is 2.16. The van der Waals surface area contributed by atoms with Gasteiger partial charge >= 0.3 is 6.09 Å². The number of methoxy groups -OCH3 is 1. The number of carbonyl (C=O) groups excluding carboxylic acids is 1. The van der Waals surface area contributed by atoms with Crippen LogP contribution in [0.15, 0.2) is 30.3 Å². The van der Waals surface area contributed by atoms with Crippen LogP contribution in [0, 0.1) is 0 Å². The van der Waals surface area contributed by atoms with Crippen LogP contribution in [0.1, 0.15) is 45.1 Å². The Bertz CT molecular complexity index is 408. The van der Waals surface area contributed by atoms with Crippen LogP contribution in [-0.4, -0.2) is 25.3 Å². The first-order valence-electron chi connectivity index (χ1n) is 7.57. The van der Waals surface area contributed by atoms with E-state index < -0.39 is 6.09 Å². The van der Waals surface area contributed by atoms with E-state index in [-0.39, 0.29) is 12.1 Å². The highest BCUT2D eigenvalue weighted by atomic mass is 16.5. The maximum absolute atomic E-state index is 12.0. The van der Waals surface area contributed by atoms with E-state index in [9.17, 15) is 4.79 Å². The predicted molar refractivity (Wildman–Crippen MR) is 84.2 cm³/mol. The van der Waals surface area contributed by atoms with Crippen molar-refractivity contribution in [1.29, 1.82) is 0 Å². The van der Waals surface area contributed by atoms with Crippen molar-refractivity contribution in [3.8, 4) is 0 Å². The quantitative estimate of drug-likeness (QED) is 0.702. The Morgan fingerprint density at radius 2 is 1.95 bits per heavy atom. The van der Waals surface area contributed by atoms with E-state index in [0.717, 1.165) is 31.2 Å². The molecule has 4 heteroatoms. The van der Waals surface area contributed by atoms with E-state index >= 15 is 0 Å². The Kier molecular flexibility index (Phi) is 7.83. The monoisotopic (exact) mass is 293 g/mol. The van der Waals surface area contributed by atoms with Crippen LogP contribution in [0.4, 0.5) is 4.79 Å². The zero-order chi connectivity index (χ0) is 15.6. The lowest BCUT2D eigenvalue weighted by Crippen LogP contribution is -2.49. The largest absolute Gasteiger partial charge is 0.445 e. The zero-order valence-electron chi connectivity index (χ0n) is 13.4. The molecule has 0 radical (unpaired) electrons. The van der Waals surface area contributed by atoms with E-state index in [1.807, 2.05) is 37.3 Å². The minimum absolute atomic E-state index is 0.282. The van der Waals surface area contributed by atoms with Crippen molar-refractivity contribution in [3.63, 3.8) is 0 Å². The van der Waals surface area contributed by atoms with Crippen molar-refractivity contribution in [2.75, 3.05) is 13.7 Å². The molecule has 0 aliphatic rings. The first-order chi connectivity index (χ1) is 10.1. The molecule has 1 rings (SSSR count). The molecule has 1 atom stereocenters. The molecule has 1 N–H and O–H groups in total. The molecule has 0 saturated carbocycles. The molecular formula is C17H27NO3. The smallest absolute Gasteiger partial charge is 0.407 e. The normalized spacial score (nSPS) is 13.5. The zero-order valence-corrected chi connectivity index (χ0v) is 13.4. The van der Waals surface area contributed by atoms with Gasteiger partial charge in [-0.25, -0.2) is 4.79 Å². The summed E-state index contributed by atoms with van der Waals surface area (Å²) in [6.07, 6.45) is 3.86. The van der Waals surface area contributed by atoms with Crippen LogP contribution >= 0.6 is 0 Å². The molecule has 0 spiro atoms. The van der Waals surface area contributed by atoms with Crippen LogP contribution in [-0.2, 0) is 16.1 Å². The maximum Gasteiger partial charge on any atom is 0.407 e. The highest BCUT2D eigenvalue weighted by molar-refractivity contribution is 5.68. The molecule has 21 heavy (non-hydrogen) atoms. The standard InChI is InChI=1S/C17H27NO3/c1-4-5-9-12-17(2,14-20-3)18-16(19)21-13-15-10-7-6-8-11-15/h6-8,10-11H,4-5,9,12-14H2,1-3H3,(H,18,19)/t17-/m0/s1. The van der Waals surface area contributed by atoms with Crippen molar-refractivity contribution in [3.05, 3.63) is 35.9 Å². The van der Waals surface area contributed by atoms with E-state index in [1.54, 1.807) is 7.11 Å². The maximum atomic E-state index is 12.0. The van der Waals surface area contributed by atoms with Crippen molar-refractivity contribution >= 4 is 6.09 Å². The van der Waals surface area contributed by atoms with E-state index in [0.29, 0.717) is 6.61 Å². The summed E-state index contributed by atoms with van der Waals surface area (Å²) in [6.45, 7) is 4.92. The van der Waals surface area contributed by atoms with Crippen molar-refractivity contribution < 1.29 is 14.3 Å². The van der Waals surface area contributed by atoms with Crippen LogP contribution in [0.5, 0.6) is 0 Å². The van der Waals surface area contributed by atoms with Gasteiger partial charge in [-0.15, -0.1) is 0 Å². The van der Waals surface area contributed by atoms with E-state index in [2.05, 4.69) is 12.2 Å². The summed E-state index contributed by atoms with van der Waals surface area (Å²) >= 11 is 0. The highest BCUT2D eigenvalue weighted by Gasteiger charge is 2.26. The minimum atomic E-state index is -0.394. The summed E-state index contributed by atoms with van der Waals surface area (Å²) in [5.74, 6) is 0. The molecule has 1 amide bonds. The van der Waals surface area contributed by atoms with Crippen LogP contribution < -0.4 is 5.32 Å². The van der Waals surface area contributed by atoms with Gasteiger partial charge in [0.1, 0.15) is 6.61 Å². The number of amides is 1. The van der Waals surface area contributed by atoms with Gasteiger partial charge in [-0.3, -0.25) is 0 Å². The number of hydrogen-bond donors (Lipinski definition) is 1. The molecule has 0 fully saturated rings. The van der Waals surface area contributed by atoms with Gasteiger partial charge in [0.25, 0.3) is 0 Å². The fraction of sp³-hybridized carbons (Fsp3) is 0.588. The van der Waals surface area contributed by atoms with Gasteiger partial charge in [-0.1, -0.05) is 56.5 Å². The molecule has 0 unspecified atom stereocenters. The molecule has 0 aliphatic heterocycles. The molecule has 0 aromatic heterocycles. The third kappa shape index (κ3) is 7.14. The summed E-state index contributed by atoms with van der Waals surface area (Å²) in [7, 11) is 1.65. The molecule has 1 aromatic carbocycles. The second kappa shape index (κ2) is 9.40. The van der Waals surface area contributed by atoms with Crippen LogP contribution in [0.3, 0.4) is 0 Å². The number of hydrogen-bond acceptors (Lipinski definition) is 3. The van der Waals surface area contributed by atoms with Crippen LogP contribution in [0.25, 0.3) is 0 Å². The topological polar surface area (TPSA) is 47.6 Å². The number of nitrogens with one attached hydrogen (secondary N) is 1.